The summed E-state index contributed by atoms with van der Waals surface area (Å²) in [4.78, 5) is 14.5. The van der Waals surface area contributed by atoms with Crippen molar-refractivity contribution < 1.29 is 18.7 Å². The minimum atomic E-state index is -0.260. The van der Waals surface area contributed by atoms with E-state index < -0.39 is 0 Å². The predicted molar refractivity (Wildman–Crippen MR) is 112 cm³/mol. The van der Waals surface area contributed by atoms with E-state index in [4.69, 9.17) is 9.47 Å². The predicted octanol–water partition coefficient (Wildman–Crippen LogP) is 3.75. The topological polar surface area (TPSA) is 38.8 Å². The zero-order valence-electron chi connectivity index (χ0n) is 17.0. The molecular weight excluding hydrogens is 381 g/mol. The van der Waals surface area contributed by atoms with Crippen molar-refractivity contribution in [3.8, 4) is 11.8 Å². The normalized spacial score (nSPS) is 20.8. The van der Waals surface area contributed by atoms with Crippen LogP contribution in [-0.4, -0.2) is 43.8 Å². The number of esters is 1. The average molecular weight is 407 g/mol. The van der Waals surface area contributed by atoms with E-state index in [9.17, 15) is 9.18 Å². The Labute approximate surface area is 177 Å². The van der Waals surface area contributed by atoms with Crippen LogP contribution in [-0.2, 0) is 20.8 Å². The molecule has 1 saturated carbocycles. The number of rotatable bonds is 6. The second-order valence-corrected chi connectivity index (χ2v) is 7.80. The molecule has 0 N–H and O–H groups in total. The zero-order chi connectivity index (χ0) is 20.8. The highest BCUT2D eigenvalue weighted by Crippen LogP contribution is 2.48. The molecule has 30 heavy (non-hydrogen) atoms. The Hall–Kier alpha value is -2.68. The van der Waals surface area contributed by atoms with Crippen LogP contribution in [0.4, 0.5) is 4.39 Å². The molecule has 0 bridgehead atoms. The van der Waals surface area contributed by atoms with Gasteiger partial charge in [0, 0.05) is 31.6 Å². The number of morpholine rings is 1. The van der Waals surface area contributed by atoms with E-state index in [1.807, 2.05) is 12.1 Å². The number of nitrogens with zero attached hydrogens (tertiary/aromatic N) is 1. The lowest BCUT2D eigenvalue weighted by Crippen LogP contribution is -2.35. The first kappa shape index (κ1) is 20.6. The maximum atomic E-state index is 13.0. The number of hydrogen-bond acceptors (Lipinski definition) is 4. The zero-order valence-corrected chi connectivity index (χ0v) is 17.0. The highest BCUT2D eigenvalue weighted by molar-refractivity contribution is 5.77. The van der Waals surface area contributed by atoms with E-state index in [2.05, 4.69) is 28.9 Å². The monoisotopic (exact) mass is 407 g/mol. The lowest BCUT2D eigenvalue weighted by Gasteiger charge is -2.26. The molecule has 1 aliphatic heterocycles. The first-order chi connectivity index (χ1) is 14.7. The molecule has 2 aliphatic rings. The maximum Gasteiger partial charge on any atom is 0.309 e. The van der Waals surface area contributed by atoms with E-state index in [1.165, 1.54) is 17.7 Å². The quantitative estimate of drug-likeness (QED) is 0.415. The molecule has 0 aromatic heterocycles. The Balaban J connectivity index is 1.16. The third-order valence-electron chi connectivity index (χ3n) is 5.56. The molecule has 0 radical (unpaired) electrons. The fraction of sp³-hybridized carbons (Fsp3) is 0.400. The number of carbonyl (C=O) groups excluding carboxylic acids is 1. The molecular formula is C25H26FNO3. The third-order valence-corrected chi connectivity index (χ3v) is 5.56. The van der Waals surface area contributed by atoms with Gasteiger partial charge in [0.1, 0.15) is 12.4 Å². The van der Waals surface area contributed by atoms with Crippen molar-refractivity contribution in [2.24, 2.45) is 5.92 Å². The molecule has 0 spiro atoms. The summed E-state index contributed by atoms with van der Waals surface area (Å²) >= 11 is 0. The van der Waals surface area contributed by atoms with Crippen LogP contribution in [0.3, 0.4) is 0 Å². The summed E-state index contributed by atoms with van der Waals surface area (Å²) in [5, 5.41) is 0. The minimum absolute atomic E-state index is 0.109. The summed E-state index contributed by atoms with van der Waals surface area (Å²) in [5.74, 6) is 5.80. The largest absolute Gasteiger partial charge is 0.464 e. The van der Waals surface area contributed by atoms with Gasteiger partial charge in [0.25, 0.3) is 0 Å². The van der Waals surface area contributed by atoms with Gasteiger partial charge in [-0.15, -0.1) is 0 Å². The second-order valence-electron chi connectivity index (χ2n) is 7.80. The molecule has 5 heteroatoms. The van der Waals surface area contributed by atoms with Gasteiger partial charge < -0.3 is 9.47 Å². The lowest BCUT2D eigenvalue weighted by molar-refractivity contribution is -0.145. The molecule has 2 aromatic rings. The van der Waals surface area contributed by atoms with E-state index in [-0.39, 0.29) is 23.6 Å². The molecule has 1 aliphatic carbocycles. The van der Waals surface area contributed by atoms with Gasteiger partial charge in [0.15, 0.2) is 0 Å². The van der Waals surface area contributed by atoms with Crippen molar-refractivity contribution in [2.45, 2.75) is 25.3 Å². The molecule has 4 nitrogen and oxygen atoms in total. The van der Waals surface area contributed by atoms with Gasteiger partial charge in [-0.25, -0.2) is 4.39 Å². The van der Waals surface area contributed by atoms with E-state index in [0.29, 0.717) is 13.0 Å². The Bertz CT molecular complexity index is 908. The molecule has 2 atom stereocenters. The Kier molecular flexibility index (Phi) is 6.78. The fourth-order valence-electron chi connectivity index (χ4n) is 3.72. The van der Waals surface area contributed by atoms with E-state index >= 15 is 0 Å². The van der Waals surface area contributed by atoms with Crippen molar-refractivity contribution in [1.29, 1.82) is 0 Å². The van der Waals surface area contributed by atoms with Gasteiger partial charge in [-0.3, -0.25) is 9.69 Å². The third kappa shape index (κ3) is 5.69. The average Bonchev–Trinajstić information content (AvgIpc) is 3.57. The molecule has 0 unspecified atom stereocenters. The van der Waals surface area contributed by atoms with Gasteiger partial charge in [0.05, 0.1) is 19.1 Å². The van der Waals surface area contributed by atoms with Crippen LogP contribution in [0.15, 0.2) is 48.5 Å². The number of benzene rings is 2. The first-order valence-electron chi connectivity index (χ1n) is 10.5. The summed E-state index contributed by atoms with van der Waals surface area (Å²) in [5.41, 5.74) is 3.23. The van der Waals surface area contributed by atoms with Gasteiger partial charge in [-0.1, -0.05) is 36.1 Å². The van der Waals surface area contributed by atoms with Crippen molar-refractivity contribution >= 4 is 5.97 Å². The molecule has 2 fully saturated rings. The Morgan fingerprint density at radius 1 is 1.10 bits per heavy atom. The van der Waals surface area contributed by atoms with Crippen LogP contribution >= 0.6 is 0 Å². The summed E-state index contributed by atoms with van der Waals surface area (Å²) in [7, 11) is 0. The van der Waals surface area contributed by atoms with E-state index in [1.54, 1.807) is 12.1 Å². The van der Waals surface area contributed by atoms with Gasteiger partial charge in [-0.2, -0.15) is 0 Å². The SMILES string of the molecule is O=C(OCCC#Cc1ccc(CN2CCOCC2)cc1)[C@@H]1C[C@@H]1c1ccc(F)cc1. The summed E-state index contributed by atoms with van der Waals surface area (Å²) in [6, 6.07) is 14.6. The number of carbonyl (C=O) groups is 1. The molecule has 4 rings (SSSR count). The fourth-order valence-corrected chi connectivity index (χ4v) is 3.72. The molecule has 1 heterocycles. The van der Waals surface area contributed by atoms with Crippen LogP contribution in [0.2, 0.25) is 0 Å². The lowest BCUT2D eigenvalue weighted by atomic mass is 10.1. The standard InChI is InChI=1S/C25H26FNO3/c26-22-10-8-21(9-11-22)23-17-24(23)25(28)30-14-2-1-3-19-4-6-20(7-5-19)18-27-12-15-29-16-13-27/h4-11,23-24H,2,12-18H2/t23-,24-/m1/s1. The van der Waals surface area contributed by atoms with Crippen LogP contribution in [0.25, 0.3) is 0 Å². The second kappa shape index (κ2) is 9.88. The smallest absolute Gasteiger partial charge is 0.309 e. The maximum absolute atomic E-state index is 13.0. The van der Waals surface area contributed by atoms with Gasteiger partial charge in [0.2, 0.25) is 0 Å². The molecule has 156 valence electrons. The Morgan fingerprint density at radius 3 is 2.57 bits per heavy atom. The van der Waals surface area contributed by atoms with Crippen LogP contribution in [0.1, 0.15) is 35.4 Å². The van der Waals surface area contributed by atoms with Gasteiger partial charge >= 0.3 is 5.97 Å². The minimum Gasteiger partial charge on any atom is -0.464 e. The number of halogens is 1. The summed E-state index contributed by atoms with van der Waals surface area (Å²) in [6.45, 7) is 4.81. The number of hydrogen-bond donors (Lipinski definition) is 0. The highest BCUT2D eigenvalue weighted by Gasteiger charge is 2.45. The summed E-state index contributed by atoms with van der Waals surface area (Å²) < 4.78 is 23.7. The first-order valence-corrected chi connectivity index (χ1v) is 10.5. The molecule has 2 aromatic carbocycles. The van der Waals surface area contributed by atoms with Crippen LogP contribution in [0.5, 0.6) is 0 Å². The van der Waals surface area contributed by atoms with Crippen molar-refractivity contribution in [1.82, 2.24) is 4.90 Å². The number of ether oxygens (including phenoxy) is 2. The highest BCUT2D eigenvalue weighted by atomic mass is 19.1. The Morgan fingerprint density at radius 2 is 1.83 bits per heavy atom. The van der Waals surface area contributed by atoms with Crippen molar-refractivity contribution in [2.75, 3.05) is 32.9 Å². The van der Waals surface area contributed by atoms with Crippen molar-refractivity contribution in [3.05, 3.63) is 71.0 Å². The summed E-state index contributed by atoms with van der Waals surface area (Å²) in [6.07, 6.45) is 1.28. The van der Waals surface area contributed by atoms with E-state index in [0.717, 1.165) is 50.4 Å². The molecule has 0 amide bonds. The molecule has 1 saturated heterocycles. The van der Waals surface area contributed by atoms with Gasteiger partial charge in [-0.05, 0) is 47.7 Å². The van der Waals surface area contributed by atoms with Crippen molar-refractivity contribution in [3.63, 3.8) is 0 Å². The van der Waals surface area contributed by atoms with Crippen LogP contribution in [0, 0.1) is 23.6 Å². The van der Waals surface area contributed by atoms with Crippen LogP contribution < -0.4 is 0 Å².